The van der Waals surface area contributed by atoms with E-state index in [0.29, 0.717) is 11.6 Å². The Balaban J connectivity index is 2.36. The lowest BCUT2D eigenvalue weighted by Crippen LogP contribution is -2.34. The van der Waals surface area contributed by atoms with Crippen LogP contribution in [0.25, 0.3) is 0 Å². The van der Waals surface area contributed by atoms with Crippen molar-refractivity contribution >= 4 is 17.4 Å². The van der Waals surface area contributed by atoms with E-state index < -0.39 is 11.4 Å². The highest BCUT2D eigenvalue weighted by molar-refractivity contribution is 6.18. The molecule has 1 heterocycles. The average molecular weight is 280 g/mol. The summed E-state index contributed by atoms with van der Waals surface area (Å²) in [4.78, 5) is 7.75. The van der Waals surface area contributed by atoms with E-state index in [1.54, 1.807) is 6.92 Å². The van der Waals surface area contributed by atoms with Gasteiger partial charge in [0.2, 0.25) is 0 Å². The first-order chi connectivity index (χ1) is 9.07. The normalized spacial score (nSPS) is 13.9. The molecule has 0 aliphatic heterocycles. The summed E-state index contributed by atoms with van der Waals surface area (Å²) in [5, 5.41) is 3.07. The van der Waals surface area contributed by atoms with Gasteiger partial charge < -0.3 is 5.32 Å². The molecule has 1 aromatic carbocycles. The fraction of sp³-hybridized carbons (Fsp3) is 0.286. The Morgan fingerprint density at radius 3 is 2.58 bits per heavy atom. The molecular weight excluding hydrogens is 265 g/mol. The lowest BCUT2D eigenvalue weighted by Gasteiger charge is -2.30. The minimum Gasteiger partial charge on any atom is -0.357 e. The minimum absolute atomic E-state index is 0.166. The van der Waals surface area contributed by atoms with Crippen LogP contribution in [0.1, 0.15) is 18.2 Å². The van der Waals surface area contributed by atoms with Crippen LogP contribution in [0, 0.1) is 12.7 Å². The van der Waals surface area contributed by atoms with Gasteiger partial charge in [0.1, 0.15) is 6.33 Å². The highest BCUT2D eigenvalue weighted by atomic mass is 35.5. The molecular formula is C14H15ClFN3. The maximum atomic E-state index is 14.0. The van der Waals surface area contributed by atoms with E-state index in [1.165, 1.54) is 6.33 Å². The average Bonchev–Trinajstić information content (AvgIpc) is 2.45. The first-order valence-electron chi connectivity index (χ1n) is 5.93. The zero-order valence-corrected chi connectivity index (χ0v) is 11.6. The minimum atomic E-state index is -0.593. The predicted molar refractivity (Wildman–Crippen MR) is 74.9 cm³/mol. The first kappa shape index (κ1) is 13.7. The summed E-state index contributed by atoms with van der Waals surface area (Å²) in [6.07, 6.45) is 1.33. The Morgan fingerprint density at radius 1 is 1.26 bits per heavy atom. The van der Waals surface area contributed by atoms with Gasteiger partial charge in [-0.2, -0.15) is 0 Å². The molecule has 0 saturated carbocycles. The van der Waals surface area contributed by atoms with E-state index in [-0.39, 0.29) is 5.82 Å². The summed E-state index contributed by atoms with van der Waals surface area (Å²) in [6, 6.07) is 9.66. The van der Waals surface area contributed by atoms with Crippen molar-refractivity contribution in [2.24, 2.45) is 0 Å². The molecule has 1 atom stereocenters. The van der Waals surface area contributed by atoms with Crippen molar-refractivity contribution in [3.05, 3.63) is 53.7 Å². The van der Waals surface area contributed by atoms with Gasteiger partial charge in [0.15, 0.2) is 11.6 Å². The lowest BCUT2D eigenvalue weighted by atomic mass is 9.94. The first-order valence-corrected chi connectivity index (χ1v) is 6.47. The number of aromatic nitrogens is 2. The van der Waals surface area contributed by atoms with Gasteiger partial charge in [-0.15, -0.1) is 11.6 Å². The van der Waals surface area contributed by atoms with E-state index in [0.717, 1.165) is 5.56 Å². The third-order valence-electron chi connectivity index (χ3n) is 3.04. The fourth-order valence-corrected chi connectivity index (χ4v) is 2.02. The van der Waals surface area contributed by atoms with E-state index in [2.05, 4.69) is 15.3 Å². The molecule has 1 aromatic heterocycles. The smallest absolute Gasteiger partial charge is 0.186 e. The van der Waals surface area contributed by atoms with E-state index in [9.17, 15) is 4.39 Å². The van der Waals surface area contributed by atoms with Crippen LogP contribution in [0.15, 0.2) is 36.7 Å². The van der Waals surface area contributed by atoms with Gasteiger partial charge in [0, 0.05) is 5.88 Å². The maximum absolute atomic E-state index is 14.0. The second kappa shape index (κ2) is 5.53. The summed E-state index contributed by atoms with van der Waals surface area (Å²) < 4.78 is 14.0. The molecule has 0 radical (unpaired) electrons. The fourth-order valence-electron chi connectivity index (χ4n) is 1.80. The van der Waals surface area contributed by atoms with E-state index in [1.807, 2.05) is 37.3 Å². The number of hydrogen-bond donors (Lipinski definition) is 1. The largest absolute Gasteiger partial charge is 0.357 e. The summed E-state index contributed by atoms with van der Waals surface area (Å²) in [7, 11) is 0. The van der Waals surface area contributed by atoms with Crippen LogP contribution in [0.3, 0.4) is 0 Å². The van der Waals surface area contributed by atoms with Gasteiger partial charge in [-0.3, -0.25) is 0 Å². The SMILES string of the molecule is Cc1ncnc(NC(C)(CCl)c2ccccc2)c1F. The van der Waals surface area contributed by atoms with Gasteiger partial charge in [-0.1, -0.05) is 30.3 Å². The van der Waals surface area contributed by atoms with Crippen LogP contribution in [0.2, 0.25) is 0 Å². The molecule has 2 aromatic rings. The highest BCUT2D eigenvalue weighted by Gasteiger charge is 2.27. The second-order valence-electron chi connectivity index (χ2n) is 4.58. The van der Waals surface area contributed by atoms with Crippen LogP contribution in [-0.2, 0) is 5.54 Å². The van der Waals surface area contributed by atoms with Crippen LogP contribution in [0.5, 0.6) is 0 Å². The molecule has 0 fully saturated rings. The monoisotopic (exact) mass is 279 g/mol. The molecule has 0 aliphatic rings. The van der Waals surface area contributed by atoms with Gasteiger partial charge in [-0.25, -0.2) is 14.4 Å². The number of aryl methyl sites for hydroxylation is 1. The van der Waals surface area contributed by atoms with Crippen molar-refractivity contribution in [1.82, 2.24) is 9.97 Å². The summed E-state index contributed by atoms with van der Waals surface area (Å²) in [5.74, 6) is 0.00810. The van der Waals surface area contributed by atoms with E-state index >= 15 is 0 Å². The Labute approximate surface area is 116 Å². The molecule has 3 nitrogen and oxygen atoms in total. The molecule has 0 aliphatic carbocycles. The number of nitrogens with one attached hydrogen (secondary N) is 1. The van der Waals surface area contributed by atoms with E-state index in [4.69, 9.17) is 11.6 Å². The number of rotatable bonds is 4. The van der Waals surface area contributed by atoms with Crippen LogP contribution in [0.4, 0.5) is 10.2 Å². The number of hydrogen-bond acceptors (Lipinski definition) is 3. The molecule has 0 saturated heterocycles. The third kappa shape index (κ3) is 2.84. The number of benzene rings is 1. The number of nitrogens with zero attached hydrogens (tertiary/aromatic N) is 2. The molecule has 1 unspecified atom stereocenters. The molecule has 5 heteroatoms. The number of alkyl halides is 1. The van der Waals surface area contributed by atoms with Gasteiger partial charge in [-0.05, 0) is 19.4 Å². The standard InChI is InChI=1S/C14H15ClFN3/c1-10-12(16)13(18-9-17-10)19-14(2,8-15)11-6-4-3-5-7-11/h3-7,9H,8H2,1-2H3,(H,17,18,19). The molecule has 1 N–H and O–H groups in total. The summed E-state index contributed by atoms with van der Waals surface area (Å²) in [5.41, 5.74) is 0.688. The Bertz CT molecular complexity index is 562. The molecule has 0 amide bonds. The van der Waals surface area contributed by atoms with Crippen molar-refractivity contribution in [3.63, 3.8) is 0 Å². The van der Waals surface area contributed by atoms with Crippen LogP contribution < -0.4 is 5.32 Å². The number of anilines is 1. The molecule has 0 spiro atoms. The predicted octanol–water partition coefficient (Wildman–Crippen LogP) is 3.49. The van der Waals surface area contributed by atoms with Gasteiger partial charge in [0.05, 0.1) is 11.2 Å². The van der Waals surface area contributed by atoms with Gasteiger partial charge in [0.25, 0.3) is 0 Å². The Hall–Kier alpha value is -1.68. The van der Waals surface area contributed by atoms with Gasteiger partial charge >= 0.3 is 0 Å². The van der Waals surface area contributed by atoms with Crippen molar-refractivity contribution in [2.45, 2.75) is 19.4 Å². The second-order valence-corrected chi connectivity index (χ2v) is 4.85. The van der Waals surface area contributed by atoms with Crippen LogP contribution >= 0.6 is 11.6 Å². The summed E-state index contributed by atoms with van der Waals surface area (Å²) in [6.45, 7) is 3.51. The zero-order valence-electron chi connectivity index (χ0n) is 10.8. The Morgan fingerprint density at radius 2 is 1.95 bits per heavy atom. The zero-order chi connectivity index (χ0) is 13.9. The third-order valence-corrected chi connectivity index (χ3v) is 3.57. The molecule has 100 valence electrons. The van der Waals surface area contributed by atoms with Crippen LogP contribution in [-0.4, -0.2) is 15.8 Å². The highest BCUT2D eigenvalue weighted by Crippen LogP contribution is 2.27. The van der Waals surface area contributed by atoms with Crippen molar-refractivity contribution < 1.29 is 4.39 Å². The lowest BCUT2D eigenvalue weighted by molar-refractivity contribution is 0.571. The quantitative estimate of drug-likeness (QED) is 0.871. The summed E-state index contributed by atoms with van der Waals surface area (Å²) >= 11 is 6.06. The topological polar surface area (TPSA) is 37.8 Å². The van der Waals surface area contributed by atoms with Crippen molar-refractivity contribution in [1.29, 1.82) is 0 Å². The molecule has 0 bridgehead atoms. The maximum Gasteiger partial charge on any atom is 0.186 e. The van der Waals surface area contributed by atoms with Crippen molar-refractivity contribution in [3.8, 4) is 0 Å². The Kier molecular flexibility index (Phi) is 4.00. The number of halogens is 2. The molecule has 2 rings (SSSR count). The molecule has 19 heavy (non-hydrogen) atoms. The van der Waals surface area contributed by atoms with Crippen molar-refractivity contribution in [2.75, 3.05) is 11.2 Å².